The van der Waals surface area contributed by atoms with Crippen molar-refractivity contribution in [3.63, 3.8) is 0 Å². The van der Waals surface area contributed by atoms with Crippen LogP contribution in [0.2, 0.25) is 0 Å². The first-order chi connectivity index (χ1) is 14.6. The van der Waals surface area contributed by atoms with Gasteiger partial charge in [-0.2, -0.15) is 0 Å². The van der Waals surface area contributed by atoms with Crippen molar-refractivity contribution < 1.29 is 9.21 Å². The molecule has 0 unspecified atom stereocenters. The van der Waals surface area contributed by atoms with Crippen molar-refractivity contribution in [1.29, 1.82) is 0 Å². The van der Waals surface area contributed by atoms with Gasteiger partial charge in [-0.05, 0) is 49.2 Å². The van der Waals surface area contributed by atoms with Crippen LogP contribution in [0.4, 0.5) is 0 Å². The maximum absolute atomic E-state index is 13.0. The van der Waals surface area contributed by atoms with Crippen molar-refractivity contribution in [3.8, 4) is 11.3 Å². The van der Waals surface area contributed by atoms with Crippen LogP contribution in [0.5, 0.6) is 0 Å². The summed E-state index contributed by atoms with van der Waals surface area (Å²) in [7, 11) is 0. The topological polar surface area (TPSA) is 81.2 Å². The number of benzene rings is 3. The Morgan fingerprint density at radius 2 is 1.83 bits per heavy atom. The minimum absolute atomic E-state index is 0.154. The number of aromatic nitrogens is 1. The number of nitrogens with two attached hydrogens (primary N) is 1. The minimum atomic E-state index is -0.341. The molecule has 0 aliphatic rings. The molecule has 4 aromatic rings. The van der Waals surface area contributed by atoms with E-state index in [9.17, 15) is 4.79 Å². The fourth-order valence-electron chi connectivity index (χ4n) is 3.51. The summed E-state index contributed by atoms with van der Waals surface area (Å²) in [6.07, 6.45) is 3.11. The third-order valence-corrected chi connectivity index (χ3v) is 5.14. The molecule has 0 aliphatic carbocycles. The predicted molar refractivity (Wildman–Crippen MR) is 119 cm³/mol. The Morgan fingerprint density at radius 3 is 2.63 bits per heavy atom. The van der Waals surface area contributed by atoms with Gasteiger partial charge in [0.1, 0.15) is 6.04 Å². The monoisotopic (exact) mass is 399 g/mol. The summed E-state index contributed by atoms with van der Waals surface area (Å²) in [4.78, 5) is 17.4. The number of fused-ring (bicyclic) bond motifs is 1. The lowest BCUT2D eigenvalue weighted by molar-refractivity contribution is 0.0927. The molecule has 5 heteroatoms. The molecule has 3 aromatic carbocycles. The van der Waals surface area contributed by atoms with Crippen molar-refractivity contribution in [2.75, 3.05) is 6.54 Å². The van der Waals surface area contributed by atoms with Gasteiger partial charge in [-0.1, -0.05) is 60.2 Å². The molecule has 0 aliphatic heterocycles. The number of nitrogens with one attached hydrogen (secondary N) is 1. The van der Waals surface area contributed by atoms with Crippen LogP contribution in [0.3, 0.4) is 0 Å². The van der Waals surface area contributed by atoms with Gasteiger partial charge < -0.3 is 15.5 Å². The van der Waals surface area contributed by atoms with Gasteiger partial charge in [0, 0.05) is 11.1 Å². The highest BCUT2D eigenvalue weighted by Crippen LogP contribution is 2.26. The highest BCUT2D eigenvalue weighted by molar-refractivity contribution is 5.98. The van der Waals surface area contributed by atoms with Crippen molar-refractivity contribution in [2.45, 2.75) is 25.8 Å². The summed E-state index contributed by atoms with van der Waals surface area (Å²) in [6, 6.07) is 21.4. The summed E-state index contributed by atoms with van der Waals surface area (Å²) >= 11 is 0. The van der Waals surface area contributed by atoms with Crippen molar-refractivity contribution in [2.24, 2.45) is 5.73 Å². The van der Waals surface area contributed by atoms with Gasteiger partial charge in [0.15, 0.2) is 5.76 Å². The van der Waals surface area contributed by atoms with E-state index in [0.717, 1.165) is 22.8 Å². The third-order valence-electron chi connectivity index (χ3n) is 5.14. The fourth-order valence-corrected chi connectivity index (χ4v) is 3.51. The zero-order valence-electron chi connectivity index (χ0n) is 17.0. The number of amides is 1. The minimum Gasteiger partial charge on any atom is -0.438 e. The number of carbonyl (C=O) groups is 1. The van der Waals surface area contributed by atoms with Crippen molar-refractivity contribution in [1.82, 2.24) is 10.3 Å². The van der Waals surface area contributed by atoms with E-state index >= 15 is 0 Å². The van der Waals surface area contributed by atoms with E-state index in [1.807, 2.05) is 60.7 Å². The lowest BCUT2D eigenvalue weighted by atomic mass is 10.0. The second kappa shape index (κ2) is 8.93. The summed E-state index contributed by atoms with van der Waals surface area (Å²) < 4.78 is 5.98. The Balaban J connectivity index is 1.56. The molecule has 0 radical (unpaired) electrons. The number of hydrogen-bond donors (Lipinski definition) is 2. The van der Waals surface area contributed by atoms with Crippen molar-refractivity contribution in [3.05, 3.63) is 89.9 Å². The smallest absolute Gasteiger partial charge is 0.251 e. The Bertz CT molecular complexity index is 1150. The van der Waals surface area contributed by atoms with E-state index < -0.39 is 0 Å². The number of hydrogen-bond acceptors (Lipinski definition) is 4. The van der Waals surface area contributed by atoms with Crippen LogP contribution in [0.15, 0.2) is 77.3 Å². The van der Waals surface area contributed by atoms with E-state index in [4.69, 9.17) is 10.2 Å². The van der Waals surface area contributed by atoms with Gasteiger partial charge in [0.05, 0.1) is 6.20 Å². The molecule has 5 nitrogen and oxygen atoms in total. The van der Waals surface area contributed by atoms with Crippen LogP contribution in [0.25, 0.3) is 22.1 Å². The molecule has 0 saturated heterocycles. The molecule has 4 rings (SSSR count). The van der Waals surface area contributed by atoms with Gasteiger partial charge in [-0.3, -0.25) is 4.79 Å². The maximum Gasteiger partial charge on any atom is 0.251 e. The molecule has 3 N–H and O–H groups in total. The number of rotatable bonds is 7. The second-order valence-electron chi connectivity index (χ2n) is 7.45. The molecule has 1 aromatic heterocycles. The predicted octanol–water partition coefficient (Wildman–Crippen LogP) is 5.01. The van der Waals surface area contributed by atoms with Crippen molar-refractivity contribution >= 4 is 16.7 Å². The summed E-state index contributed by atoms with van der Waals surface area (Å²) in [5.41, 5.74) is 8.46. The van der Waals surface area contributed by atoms with E-state index in [2.05, 4.69) is 23.3 Å². The standard InChI is InChI=1S/C25H25N3O2/c1-17-9-10-20-15-21(12-11-19(20)14-17)24(29)28-22(8-5-13-26)25-27-16-23(30-25)18-6-3-2-4-7-18/h2-4,6-7,9-12,14-16,22H,5,8,13,26H2,1H3,(H,28,29)/t22-/m0/s1. The summed E-state index contributed by atoms with van der Waals surface area (Å²) in [6.45, 7) is 2.59. The van der Waals surface area contributed by atoms with Crippen LogP contribution < -0.4 is 11.1 Å². The van der Waals surface area contributed by atoms with Gasteiger partial charge in [-0.15, -0.1) is 0 Å². The highest BCUT2D eigenvalue weighted by atomic mass is 16.4. The normalized spacial score (nSPS) is 12.1. The first-order valence-corrected chi connectivity index (χ1v) is 10.2. The SMILES string of the molecule is Cc1ccc2cc(C(=O)N[C@@H](CCCN)c3ncc(-c4ccccc4)o3)ccc2c1. The number of aryl methyl sites for hydroxylation is 1. The first kappa shape index (κ1) is 19.9. The molecule has 1 amide bonds. The molecule has 1 heterocycles. The van der Waals surface area contributed by atoms with Gasteiger partial charge in [0.25, 0.3) is 5.91 Å². The number of carbonyl (C=O) groups excluding carboxylic acids is 1. The molecule has 1 atom stereocenters. The molecular weight excluding hydrogens is 374 g/mol. The van der Waals surface area contributed by atoms with E-state index in [1.54, 1.807) is 6.20 Å². The van der Waals surface area contributed by atoms with E-state index in [-0.39, 0.29) is 11.9 Å². The van der Waals surface area contributed by atoms with Gasteiger partial charge >= 0.3 is 0 Å². The van der Waals surface area contributed by atoms with Gasteiger partial charge in [-0.25, -0.2) is 4.98 Å². The maximum atomic E-state index is 13.0. The molecule has 30 heavy (non-hydrogen) atoms. The molecule has 152 valence electrons. The quantitative estimate of drug-likeness (QED) is 0.457. The van der Waals surface area contributed by atoms with Crippen LogP contribution in [-0.2, 0) is 0 Å². The fraction of sp³-hybridized carbons (Fsp3) is 0.200. The lowest BCUT2D eigenvalue weighted by Crippen LogP contribution is -2.29. The zero-order valence-corrected chi connectivity index (χ0v) is 17.0. The molecule has 0 spiro atoms. The van der Waals surface area contributed by atoms with Crippen LogP contribution >= 0.6 is 0 Å². The summed E-state index contributed by atoms with van der Waals surface area (Å²) in [5, 5.41) is 5.23. The van der Waals surface area contributed by atoms with Crippen LogP contribution in [-0.4, -0.2) is 17.4 Å². The van der Waals surface area contributed by atoms with Gasteiger partial charge in [0.2, 0.25) is 5.89 Å². The summed E-state index contributed by atoms with van der Waals surface area (Å²) in [5.74, 6) is 1.02. The zero-order chi connectivity index (χ0) is 20.9. The number of nitrogens with zero attached hydrogens (tertiary/aromatic N) is 1. The highest BCUT2D eigenvalue weighted by Gasteiger charge is 2.21. The average molecular weight is 399 g/mol. The average Bonchev–Trinajstić information content (AvgIpc) is 3.27. The lowest BCUT2D eigenvalue weighted by Gasteiger charge is -2.16. The Labute approximate surface area is 175 Å². The molecular formula is C25H25N3O2. The molecule has 0 bridgehead atoms. The second-order valence-corrected chi connectivity index (χ2v) is 7.45. The Morgan fingerprint density at radius 1 is 1.07 bits per heavy atom. The molecule has 0 fully saturated rings. The first-order valence-electron chi connectivity index (χ1n) is 10.2. The Kier molecular flexibility index (Phi) is 5.91. The largest absolute Gasteiger partial charge is 0.438 e. The van der Waals surface area contributed by atoms with Crippen LogP contribution in [0, 0.1) is 6.92 Å². The Hall–Kier alpha value is -3.44. The third kappa shape index (κ3) is 4.42. The van der Waals surface area contributed by atoms with Crippen LogP contribution in [0.1, 0.15) is 40.7 Å². The van der Waals surface area contributed by atoms with E-state index in [1.165, 1.54) is 5.56 Å². The molecule has 0 saturated carbocycles. The number of oxazole rings is 1. The van der Waals surface area contributed by atoms with E-state index in [0.29, 0.717) is 30.2 Å².